The largest absolute Gasteiger partial charge is 0.396 e. The summed E-state index contributed by atoms with van der Waals surface area (Å²) in [5, 5.41) is 10.4. The van der Waals surface area contributed by atoms with Crippen molar-refractivity contribution < 1.29 is 14.7 Å². The summed E-state index contributed by atoms with van der Waals surface area (Å²) in [7, 11) is 1.67. The minimum Gasteiger partial charge on any atom is -0.396 e. The number of piperidine rings is 2. The molecule has 2 saturated heterocycles. The fraction of sp³-hybridized carbons (Fsp3) is 0.526. The van der Waals surface area contributed by atoms with E-state index in [1.807, 2.05) is 12.1 Å². The Hall–Kier alpha value is -2.61. The van der Waals surface area contributed by atoms with Crippen LogP contribution in [-0.4, -0.2) is 45.9 Å². The maximum absolute atomic E-state index is 12.9. The van der Waals surface area contributed by atoms with Gasteiger partial charge in [-0.1, -0.05) is 6.07 Å². The monoisotopic (exact) mass is 372 g/mol. The van der Waals surface area contributed by atoms with E-state index in [1.165, 1.54) is 9.24 Å². The van der Waals surface area contributed by atoms with Gasteiger partial charge in [-0.05, 0) is 37.3 Å². The zero-order valence-corrected chi connectivity index (χ0v) is 15.4. The average Bonchev–Trinajstić information content (AvgIpc) is 2.93. The first-order valence-electron chi connectivity index (χ1n) is 9.45. The number of anilines is 1. The molecule has 3 heterocycles. The molecule has 8 heteroatoms. The van der Waals surface area contributed by atoms with Crippen LogP contribution in [0.3, 0.4) is 0 Å². The summed E-state index contributed by atoms with van der Waals surface area (Å²) in [6, 6.07) is 5.59. The molecule has 8 nitrogen and oxygen atoms in total. The van der Waals surface area contributed by atoms with Crippen LogP contribution in [0.2, 0.25) is 0 Å². The van der Waals surface area contributed by atoms with Crippen molar-refractivity contribution in [3.8, 4) is 0 Å². The van der Waals surface area contributed by atoms with Crippen molar-refractivity contribution in [2.75, 3.05) is 29.6 Å². The lowest BCUT2D eigenvalue weighted by Gasteiger charge is -2.33. The second kappa shape index (κ2) is 6.84. The number of hydrogen-bond acceptors (Lipinski definition) is 5. The van der Waals surface area contributed by atoms with Crippen molar-refractivity contribution in [1.82, 2.24) is 9.24 Å². The van der Waals surface area contributed by atoms with Crippen LogP contribution >= 0.6 is 0 Å². The van der Waals surface area contributed by atoms with Gasteiger partial charge in [0.05, 0.1) is 16.7 Å². The van der Waals surface area contributed by atoms with Crippen LogP contribution < -0.4 is 15.6 Å². The highest BCUT2D eigenvalue weighted by Gasteiger charge is 2.32. The molecule has 2 aromatic rings. The Balaban J connectivity index is 1.82. The van der Waals surface area contributed by atoms with Gasteiger partial charge in [-0.15, -0.1) is 0 Å². The summed E-state index contributed by atoms with van der Waals surface area (Å²) in [4.78, 5) is 39.9. The molecule has 1 aromatic carbocycles. The molecule has 0 spiro atoms. The second-order valence-corrected chi connectivity index (χ2v) is 7.36. The minimum atomic E-state index is -0.397. The third-order valence-electron chi connectivity index (χ3n) is 5.69. The van der Waals surface area contributed by atoms with E-state index in [0.29, 0.717) is 17.9 Å². The summed E-state index contributed by atoms with van der Waals surface area (Å²) in [6.45, 7) is 1.79. The molecular weight excluding hydrogens is 348 g/mol. The SMILES string of the molecule is Cn1c(=O)n(N2C(=O)CCCC2=O)c2cccc(N3CCC(CO)CC3)c21. The first-order valence-corrected chi connectivity index (χ1v) is 9.45. The van der Waals surface area contributed by atoms with E-state index in [4.69, 9.17) is 0 Å². The quantitative estimate of drug-likeness (QED) is 0.803. The van der Waals surface area contributed by atoms with Gasteiger partial charge in [-0.3, -0.25) is 14.2 Å². The van der Waals surface area contributed by atoms with Crippen molar-refractivity contribution >= 4 is 28.5 Å². The zero-order valence-electron chi connectivity index (χ0n) is 15.4. The average molecular weight is 372 g/mol. The third-order valence-corrected chi connectivity index (χ3v) is 5.69. The van der Waals surface area contributed by atoms with E-state index in [1.54, 1.807) is 13.1 Å². The molecule has 2 aliphatic heterocycles. The number of para-hydroxylation sites is 1. The van der Waals surface area contributed by atoms with Crippen LogP contribution in [0.1, 0.15) is 32.1 Å². The van der Waals surface area contributed by atoms with Crippen molar-refractivity contribution in [2.24, 2.45) is 13.0 Å². The maximum atomic E-state index is 12.9. The number of fused-ring (bicyclic) bond motifs is 1. The molecule has 2 fully saturated rings. The minimum absolute atomic E-state index is 0.200. The lowest BCUT2D eigenvalue weighted by molar-refractivity contribution is -0.131. The summed E-state index contributed by atoms with van der Waals surface area (Å²) in [6.07, 6.45) is 2.85. The molecule has 4 rings (SSSR count). The van der Waals surface area contributed by atoms with Gasteiger partial charge in [0.25, 0.3) is 0 Å². The number of carbonyl (C=O) groups excluding carboxylic acids is 2. The molecule has 144 valence electrons. The number of imidazole rings is 1. The topological polar surface area (TPSA) is 87.8 Å². The Morgan fingerprint density at radius 1 is 1.07 bits per heavy atom. The van der Waals surface area contributed by atoms with E-state index in [-0.39, 0.29) is 31.3 Å². The highest BCUT2D eigenvalue weighted by molar-refractivity contribution is 6.11. The van der Waals surface area contributed by atoms with Crippen molar-refractivity contribution in [2.45, 2.75) is 32.1 Å². The number of aromatic nitrogens is 2. The van der Waals surface area contributed by atoms with Crippen LogP contribution in [0.4, 0.5) is 5.69 Å². The predicted octanol–water partition coefficient (Wildman–Crippen LogP) is 0.724. The van der Waals surface area contributed by atoms with E-state index >= 15 is 0 Å². The lowest BCUT2D eigenvalue weighted by atomic mass is 9.97. The summed E-state index contributed by atoms with van der Waals surface area (Å²) in [5.41, 5.74) is 1.80. The van der Waals surface area contributed by atoms with E-state index < -0.39 is 5.69 Å². The smallest absolute Gasteiger partial charge is 0.348 e. The zero-order chi connectivity index (χ0) is 19.1. The number of aliphatic hydroxyl groups is 1. The maximum Gasteiger partial charge on any atom is 0.348 e. The second-order valence-electron chi connectivity index (χ2n) is 7.36. The third kappa shape index (κ3) is 2.84. The number of aryl methyl sites for hydroxylation is 1. The number of imide groups is 1. The van der Waals surface area contributed by atoms with Gasteiger partial charge in [0.1, 0.15) is 0 Å². The number of hydrogen-bond donors (Lipinski definition) is 1. The first kappa shape index (κ1) is 17.8. The van der Waals surface area contributed by atoms with Crippen LogP contribution in [0, 0.1) is 5.92 Å². The van der Waals surface area contributed by atoms with Gasteiger partial charge in [0, 0.05) is 39.6 Å². The molecule has 0 unspecified atom stereocenters. The van der Waals surface area contributed by atoms with Gasteiger partial charge >= 0.3 is 5.69 Å². The number of carbonyl (C=O) groups is 2. The van der Waals surface area contributed by atoms with Crippen LogP contribution in [0.25, 0.3) is 11.0 Å². The molecule has 0 bridgehead atoms. The van der Waals surface area contributed by atoms with Crippen LogP contribution in [-0.2, 0) is 16.6 Å². The highest BCUT2D eigenvalue weighted by atomic mass is 16.3. The number of benzene rings is 1. The van der Waals surface area contributed by atoms with Gasteiger partial charge in [-0.2, -0.15) is 9.69 Å². The Bertz CT molecular complexity index is 937. The highest BCUT2D eigenvalue weighted by Crippen LogP contribution is 2.30. The Morgan fingerprint density at radius 2 is 1.74 bits per heavy atom. The van der Waals surface area contributed by atoms with Crippen LogP contribution in [0.15, 0.2) is 23.0 Å². The number of rotatable bonds is 3. The summed E-state index contributed by atoms with van der Waals surface area (Å²) < 4.78 is 2.74. The van der Waals surface area contributed by atoms with E-state index in [2.05, 4.69) is 4.90 Å². The van der Waals surface area contributed by atoms with E-state index in [0.717, 1.165) is 42.1 Å². The molecule has 1 aromatic heterocycles. The van der Waals surface area contributed by atoms with Crippen LogP contribution in [0.5, 0.6) is 0 Å². The Kier molecular flexibility index (Phi) is 4.51. The fourth-order valence-electron chi connectivity index (χ4n) is 4.14. The number of nitrogens with zero attached hydrogens (tertiary/aromatic N) is 4. The van der Waals surface area contributed by atoms with Gasteiger partial charge < -0.3 is 10.0 Å². The molecule has 0 atom stereocenters. The predicted molar refractivity (Wildman–Crippen MR) is 101 cm³/mol. The van der Waals surface area contributed by atoms with Gasteiger partial charge in [-0.25, -0.2) is 4.79 Å². The molecule has 0 radical (unpaired) electrons. The van der Waals surface area contributed by atoms with E-state index in [9.17, 15) is 19.5 Å². The molecule has 2 amide bonds. The standard InChI is InChI=1S/C19H24N4O4/c1-20-18-14(21-10-8-13(12-24)9-11-21)4-2-5-15(18)22(19(20)27)23-16(25)6-3-7-17(23)26/h2,4-5,13,24H,3,6-12H2,1H3. The van der Waals surface area contributed by atoms with Crippen molar-refractivity contribution in [3.63, 3.8) is 0 Å². The molecular formula is C19H24N4O4. The fourth-order valence-corrected chi connectivity index (χ4v) is 4.14. The number of aliphatic hydroxyl groups excluding tert-OH is 1. The summed E-state index contributed by atoms with van der Waals surface area (Å²) >= 11 is 0. The molecule has 27 heavy (non-hydrogen) atoms. The Morgan fingerprint density at radius 3 is 2.37 bits per heavy atom. The molecule has 1 N–H and O–H groups in total. The molecule has 2 aliphatic rings. The Labute approximate surface area is 156 Å². The van der Waals surface area contributed by atoms with Crippen molar-refractivity contribution in [3.05, 3.63) is 28.7 Å². The normalized spacial score (nSPS) is 19.3. The number of amides is 2. The van der Waals surface area contributed by atoms with Gasteiger partial charge in [0.15, 0.2) is 0 Å². The van der Waals surface area contributed by atoms with Gasteiger partial charge in [0.2, 0.25) is 11.8 Å². The lowest BCUT2D eigenvalue weighted by Crippen LogP contribution is -2.52. The first-order chi connectivity index (χ1) is 13.0. The molecule has 0 saturated carbocycles. The molecule has 0 aliphatic carbocycles. The van der Waals surface area contributed by atoms with Crippen molar-refractivity contribution in [1.29, 1.82) is 0 Å². The summed E-state index contributed by atoms with van der Waals surface area (Å²) in [5.74, 6) is -0.359.